The van der Waals surface area contributed by atoms with Crippen LogP contribution in [0.15, 0.2) is 30.3 Å². The van der Waals surface area contributed by atoms with Gasteiger partial charge in [0, 0.05) is 32.2 Å². The Morgan fingerprint density at radius 1 is 1.42 bits per heavy atom. The first-order valence-electron chi connectivity index (χ1n) is 6.56. The molecule has 1 aromatic rings. The predicted molar refractivity (Wildman–Crippen MR) is 79.8 cm³/mol. The van der Waals surface area contributed by atoms with Gasteiger partial charge in [-0.1, -0.05) is 30.3 Å². The molecule has 0 radical (unpaired) electrons. The van der Waals surface area contributed by atoms with Gasteiger partial charge in [0.05, 0.1) is 0 Å². The van der Waals surface area contributed by atoms with Crippen molar-refractivity contribution in [2.24, 2.45) is 0 Å². The average Bonchev–Trinajstić information content (AvgIpc) is 2.40. The second-order valence-corrected chi connectivity index (χ2v) is 4.77. The van der Waals surface area contributed by atoms with E-state index in [9.17, 15) is 4.79 Å². The van der Waals surface area contributed by atoms with Crippen LogP contribution in [0.1, 0.15) is 12.5 Å². The minimum Gasteiger partial charge on any atom is -0.338 e. The molecule has 4 nitrogen and oxygen atoms in total. The summed E-state index contributed by atoms with van der Waals surface area (Å²) in [5, 5.41) is 6.31. The number of halogens is 1. The van der Waals surface area contributed by atoms with Gasteiger partial charge in [0.25, 0.3) is 0 Å². The predicted octanol–water partition coefficient (Wildman–Crippen LogP) is 1.65. The zero-order valence-electron chi connectivity index (χ0n) is 11.3. The van der Waals surface area contributed by atoms with Crippen molar-refractivity contribution >= 4 is 18.4 Å². The highest BCUT2D eigenvalue weighted by Crippen LogP contribution is 2.00. The molecule has 1 atom stereocenters. The SMILES string of the molecule is CC1CN(C(=O)NCCc2ccccc2)CCN1.Cl. The van der Waals surface area contributed by atoms with Gasteiger partial charge in [0.15, 0.2) is 0 Å². The van der Waals surface area contributed by atoms with E-state index in [4.69, 9.17) is 0 Å². The number of nitrogens with zero attached hydrogens (tertiary/aromatic N) is 1. The zero-order valence-corrected chi connectivity index (χ0v) is 12.1. The van der Waals surface area contributed by atoms with Crippen molar-refractivity contribution in [1.29, 1.82) is 0 Å². The Hall–Kier alpha value is -1.26. The third-order valence-electron chi connectivity index (χ3n) is 3.19. The fraction of sp³-hybridized carbons (Fsp3) is 0.500. The van der Waals surface area contributed by atoms with E-state index >= 15 is 0 Å². The first-order chi connectivity index (χ1) is 8.75. The number of benzene rings is 1. The van der Waals surface area contributed by atoms with E-state index in [1.165, 1.54) is 5.56 Å². The number of amides is 2. The second-order valence-electron chi connectivity index (χ2n) is 4.77. The highest BCUT2D eigenvalue weighted by molar-refractivity contribution is 5.85. The van der Waals surface area contributed by atoms with Crippen LogP contribution < -0.4 is 10.6 Å². The van der Waals surface area contributed by atoms with Gasteiger partial charge < -0.3 is 15.5 Å². The van der Waals surface area contributed by atoms with Crippen molar-refractivity contribution in [3.05, 3.63) is 35.9 Å². The molecule has 0 spiro atoms. The average molecular weight is 284 g/mol. The molecular weight excluding hydrogens is 262 g/mol. The summed E-state index contributed by atoms with van der Waals surface area (Å²) in [6.07, 6.45) is 0.883. The summed E-state index contributed by atoms with van der Waals surface area (Å²) in [5.74, 6) is 0. The summed E-state index contributed by atoms with van der Waals surface area (Å²) in [4.78, 5) is 13.8. The molecule has 19 heavy (non-hydrogen) atoms. The van der Waals surface area contributed by atoms with Crippen LogP contribution >= 0.6 is 12.4 Å². The minimum atomic E-state index is 0. The Morgan fingerprint density at radius 3 is 2.84 bits per heavy atom. The lowest BCUT2D eigenvalue weighted by Gasteiger charge is -2.31. The number of rotatable bonds is 3. The maximum absolute atomic E-state index is 11.9. The van der Waals surface area contributed by atoms with E-state index in [0.29, 0.717) is 12.6 Å². The molecule has 5 heteroatoms. The third-order valence-corrected chi connectivity index (χ3v) is 3.19. The zero-order chi connectivity index (χ0) is 12.8. The first-order valence-corrected chi connectivity index (χ1v) is 6.56. The molecule has 1 fully saturated rings. The quantitative estimate of drug-likeness (QED) is 0.886. The minimum absolute atomic E-state index is 0. The molecule has 2 N–H and O–H groups in total. The lowest BCUT2D eigenvalue weighted by molar-refractivity contribution is 0.179. The van der Waals surface area contributed by atoms with E-state index < -0.39 is 0 Å². The number of carbonyl (C=O) groups excluding carboxylic acids is 1. The Morgan fingerprint density at radius 2 is 2.16 bits per heavy atom. The number of hydrogen-bond acceptors (Lipinski definition) is 2. The van der Waals surface area contributed by atoms with E-state index in [1.54, 1.807) is 0 Å². The van der Waals surface area contributed by atoms with Crippen LogP contribution in [-0.2, 0) is 6.42 Å². The fourth-order valence-corrected chi connectivity index (χ4v) is 2.19. The number of piperazine rings is 1. The van der Waals surface area contributed by atoms with Gasteiger partial charge in [-0.25, -0.2) is 4.79 Å². The molecule has 2 amide bonds. The van der Waals surface area contributed by atoms with Crippen LogP contribution in [0.3, 0.4) is 0 Å². The van der Waals surface area contributed by atoms with Crippen molar-refractivity contribution in [2.75, 3.05) is 26.2 Å². The Balaban J connectivity index is 0.00000180. The smallest absolute Gasteiger partial charge is 0.317 e. The Bertz CT molecular complexity index is 386. The van der Waals surface area contributed by atoms with E-state index in [-0.39, 0.29) is 18.4 Å². The molecule has 0 aliphatic carbocycles. The van der Waals surface area contributed by atoms with Crippen LogP contribution in [-0.4, -0.2) is 43.2 Å². The van der Waals surface area contributed by atoms with E-state index in [2.05, 4.69) is 29.7 Å². The number of carbonyl (C=O) groups is 1. The van der Waals surface area contributed by atoms with Gasteiger partial charge in [-0.15, -0.1) is 12.4 Å². The molecule has 1 heterocycles. The van der Waals surface area contributed by atoms with E-state index in [0.717, 1.165) is 26.1 Å². The van der Waals surface area contributed by atoms with Crippen molar-refractivity contribution in [3.8, 4) is 0 Å². The van der Waals surface area contributed by atoms with Gasteiger partial charge in [-0.3, -0.25) is 0 Å². The maximum atomic E-state index is 11.9. The van der Waals surface area contributed by atoms with Crippen molar-refractivity contribution < 1.29 is 4.79 Å². The summed E-state index contributed by atoms with van der Waals surface area (Å²) in [7, 11) is 0. The van der Waals surface area contributed by atoms with Crippen molar-refractivity contribution in [3.63, 3.8) is 0 Å². The second kappa shape index (κ2) is 8.02. The van der Waals surface area contributed by atoms with Gasteiger partial charge in [-0.05, 0) is 18.9 Å². The number of nitrogens with one attached hydrogen (secondary N) is 2. The fourth-order valence-electron chi connectivity index (χ4n) is 2.19. The topological polar surface area (TPSA) is 44.4 Å². The Labute approximate surface area is 121 Å². The molecule has 106 valence electrons. The molecule has 1 saturated heterocycles. The van der Waals surface area contributed by atoms with Crippen LogP contribution in [0.25, 0.3) is 0 Å². The van der Waals surface area contributed by atoms with Crippen molar-refractivity contribution in [1.82, 2.24) is 15.5 Å². The molecule has 1 aliphatic heterocycles. The Kier molecular flexibility index (Phi) is 6.67. The summed E-state index contributed by atoms with van der Waals surface area (Å²) in [5.41, 5.74) is 1.26. The molecule has 1 aromatic carbocycles. The first kappa shape index (κ1) is 15.8. The van der Waals surface area contributed by atoms with Crippen LogP contribution in [0.2, 0.25) is 0 Å². The lowest BCUT2D eigenvalue weighted by atomic mass is 10.1. The molecule has 0 saturated carbocycles. The van der Waals surface area contributed by atoms with Gasteiger partial charge in [0.2, 0.25) is 0 Å². The molecule has 0 aromatic heterocycles. The number of hydrogen-bond donors (Lipinski definition) is 2. The largest absolute Gasteiger partial charge is 0.338 e. The lowest BCUT2D eigenvalue weighted by Crippen LogP contribution is -2.54. The monoisotopic (exact) mass is 283 g/mol. The highest BCUT2D eigenvalue weighted by atomic mass is 35.5. The van der Waals surface area contributed by atoms with Gasteiger partial charge >= 0.3 is 6.03 Å². The molecule has 0 bridgehead atoms. The molecule has 2 rings (SSSR count). The van der Waals surface area contributed by atoms with E-state index in [1.807, 2.05) is 23.1 Å². The van der Waals surface area contributed by atoms with Crippen LogP contribution in [0.4, 0.5) is 4.79 Å². The van der Waals surface area contributed by atoms with Gasteiger partial charge in [0.1, 0.15) is 0 Å². The maximum Gasteiger partial charge on any atom is 0.317 e. The van der Waals surface area contributed by atoms with Crippen LogP contribution in [0.5, 0.6) is 0 Å². The number of urea groups is 1. The normalized spacial score (nSPS) is 18.6. The summed E-state index contributed by atoms with van der Waals surface area (Å²) in [6.45, 7) is 5.26. The standard InChI is InChI=1S/C14H21N3O.ClH/c1-12-11-17(10-9-15-12)14(18)16-8-7-13-5-3-2-4-6-13;/h2-6,12,15H,7-11H2,1H3,(H,16,18);1H. The third kappa shape index (κ3) is 5.09. The summed E-state index contributed by atoms with van der Waals surface area (Å²) < 4.78 is 0. The highest BCUT2D eigenvalue weighted by Gasteiger charge is 2.19. The summed E-state index contributed by atoms with van der Waals surface area (Å²) in [6, 6.07) is 10.7. The summed E-state index contributed by atoms with van der Waals surface area (Å²) >= 11 is 0. The molecular formula is C14H22ClN3O. The molecule has 1 aliphatic rings. The van der Waals surface area contributed by atoms with Crippen molar-refractivity contribution in [2.45, 2.75) is 19.4 Å². The van der Waals surface area contributed by atoms with Gasteiger partial charge in [-0.2, -0.15) is 0 Å². The molecule has 1 unspecified atom stereocenters. The van der Waals surface area contributed by atoms with Crippen LogP contribution in [0, 0.1) is 0 Å².